The lowest BCUT2D eigenvalue weighted by Crippen LogP contribution is -2.65. The maximum atomic E-state index is 12.5. The van der Waals surface area contributed by atoms with Crippen molar-refractivity contribution in [1.29, 1.82) is 5.26 Å². The lowest BCUT2D eigenvalue weighted by atomic mass is 9.75. The maximum absolute atomic E-state index is 12.5. The van der Waals surface area contributed by atoms with E-state index in [9.17, 15) is 15.2 Å². The van der Waals surface area contributed by atoms with E-state index in [0.717, 1.165) is 35.3 Å². The number of nitriles is 1. The quantitative estimate of drug-likeness (QED) is 0.820. The Morgan fingerprint density at radius 1 is 1.17 bits per heavy atom. The van der Waals surface area contributed by atoms with Crippen LogP contribution in [0.4, 0.5) is 0 Å². The van der Waals surface area contributed by atoms with Gasteiger partial charge in [-0.15, -0.1) is 0 Å². The summed E-state index contributed by atoms with van der Waals surface area (Å²) in [7, 11) is 1.62. The lowest BCUT2D eigenvalue weighted by Gasteiger charge is -2.51. The molecule has 146 valence electrons. The number of likely N-dealkylation sites (tertiary alicyclic amines) is 1. The standard InChI is InChI=1S/C24H22N2O3/c1-29-22-5-3-2-4-17(22)9-6-16-7-10-18(11-8-16)23-20(14-25)26(21(23)15-27)24(28)19-12-13-19/h2-5,7-8,10-11,19-21,23,27H,12-13,15H2,1H3/t20-,21-,23-/m0/s1. The first-order valence-electron chi connectivity index (χ1n) is 9.75. The zero-order valence-electron chi connectivity index (χ0n) is 16.2. The minimum Gasteiger partial charge on any atom is -0.495 e. The van der Waals surface area contributed by atoms with Crippen molar-refractivity contribution >= 4 is 5.91 Å². The van der Waals surface area contributed by atoms with Crippen LogP contribution in [0.2, 0.25) is 0 Å². The molecule has 4 rings (SSSR count). The van der Waals surface area contributed by atoms with Crippen molar-refractivity contribution in [3.63, 3.8) is 0 Å². The first kappa shape index (κ1) is 19.1. The van der Waals surface area contributed by atoms with Crippen LogP contribution in [0.3, 0.4) is 0 Å². The highest BCUT2D eigenvalue weighted by molar-refractivity contribution is 5.83. The van der Waals surface area contributed by atoms with Gasteiger partial charge < -0.3 is 14.7 Å². The number of hydrogen-bond acceptors (Lipinski definition) is 4. The van der Waals surface area contributed by atoms with Crippen molar-refractivity contribution in [2.75, 3.05) is 13.7 Å². The number of rotatable bonds is 4. The number of ether oxygens (including phenoxy) is 1. The maximum Gasteiger partial charge on any atom is 0.227 e. The number of aliphatic hydroxyl groups is 1. The van der Waals surface area contributed by atoms with Gasteiger partial charge in [-0.1, -0.05) is 36.1 Å². The smallest absolute Gasteiger partial charge is 0.227 e. The van der Waals surface area contributed by atoms with Crippen molar-refractivity contribution in [2.24, 2.45) is 5.92 Å². The van der Waals surface area contributed by atoms with Crippen LogP contribution in [-0.2, 0) is 4.79 Å². The average Bonchev–Trinajstić information content (AvgIpc) is 3.58. The topological polar surface area (TPSA) is 73.6 Å². The Balaban J connectivity index is 1.53. The van der Waals surface area contributed by atoms with E-state index >= 15 is 0 Å². The molecule has 2 aromatic rings. The molecule has 0 aromatic heterocycles. The van der Waals surface area contributed by atoms with Gasteiger partial charge in [0, 0.05) is 17.4 Å². The minimum absolute atomic E-state index is 0.00569. The zero-order valence-corrected chi connectivity index (χ0v) is 16.2. The number of hydrogen-bond donors (Lipinski definition) is 1. The van der Waals surface area contributed by atoms with E-state index in [2.05, 4.69) is 17.9 Å². The highest BCUT2D eigenvalue weighted by Crippen LogP contribution is 2.44. The summed E-state index contributed by atoms with van der Waals surface area (Å²) in [6.07, 6.45) is 1.77. The van der Waals surface area contributed by atoms with Gasteiger partial charge in [-0.05, 0) is 42.7 Å². The van der Waals surface area contributed by atoms with Crippen molar-refractivity contribution in [3.8, 4) is 23.7 Å². The van der Waals surface area contributed by atoms with Crippen LogP contribution in [0.5, 0.6) is 5.75 Å². The molecule has 0 spiro atoms. The second-order valence-corrected chi connectivity index (χ2v) is 7.44. The molecule has 3 atom stereocenters. The molecular weight excluding hydrogens is 364 g/mol. The molecule has 1 saturated carbocycles. The third-order valence-electron chi connectivity index (χ3n) is 5.66. The molecule has 1 N–H and O–H groups in total. The molecule has 1 amide bonds. The first-order valence-corrected chi connectivity index (χ1v) is 9.75. The summed E-state index contributed by atoms with van der Waals surface area (Å²) < 4.78 is 5.32. The number of methoxy groups -OCH3 is 1. The molecule has 29 heavy (non-hydrogen) atoms. The highest BCUT2D eigenvalue weighted by Gasteiger charge is 2.53. The Morgan fingerprint density at radius 3 is 2.52 bits per heavy atom. The Hall–Kier alpha value is -3.28. The van der Waals surface area contributed by atoms with Gasteiger partial charge in [0.2, 0.25) is 5.91 Å². The molecule has 1 heterocycles. The van der Waals surface area contributed by atoms with Crippen molar-refractivity contribution in [3.05, 3.63) is 65.2 Å². The lowest BCUT2D eigenvalue weighted by molar-refractivity contribution is -0.148. The SMILES string of the molecule is COc1ccccc1C#Cc1ccc([C@H]2[C@H](C#N)N(C(=O)C3CC3)[C@H]2CO)cc1. The van der Waals surface area contributed by atoms with Gasteiger partial charge in [0.1, 0.15) is 11.8 Å². The Labute approximate surface area is 170 Å². The second kappa shape index (κ2) is 7.99. The number of carbonyl (C=O) groups is 1. The van der Waals surface area contributed by atoms with E-state index in [-0.39, 0.29) is 30.4 Å². The summed E-state index contributed by atoms with van der Waals surface area (Å²) in [5.41, 5.74) is 2.61. The third kappa shape index (κ3) is 3.58. The summed E-state index contributed by atoms with van der Waals surface area (Å²) in [5, 5.41) is 19.4. The fraction of sp³-hybridized carbons (Fsp3) is 0.333. The Kier molecular flexibility index (Phi) is 5.25. The van der Waals surface area contributed by atoms with Gasteiger partial charge >= 0.3 is 0 Å². The molecule has 0 radical (unpaired) electrons. The van der Waals surface area contributed by atoms with Gasteiger partial charge in [0.05, 0.1) is 31.4 Å². The summed E-state index contributed by atoms with van der Waals surface area (Å²) in [6, 6.07) is 16.7. The van der Waals surface area contributed by atoms with Crippen LogP contribution < -0.4 is 4.74 Å². The third-order valence-corrected chi connectivity index (χ3v) is 5.66. The zero-order chi connectivity index (χ0) is 20.4. The number of nitrogens with zero attached hydrogens (tertiary/aromatic N) is 2. The summed E-state index contributed by atoms with van der Waals surface area (Å²) in [4.78, 5) is 14.0. The van der Waals surface area contributed by atoms with E-state index in [1.807, 2.05) is 48.5 Å². The van der Waals surface area contributed by atoms with Gasteiger partial charge in [0.15, 0.2) is 0 Å². The molecule has 1 aliphatic heterocycles. The van der Waals surface area contributed by atoms with Crippen LogP contribution in [0.25, 0.3) is 0 Å². The number of amides is 1. The largest absolute Gasteiger partial charge is 0.495 e. The van der Waals surface area contributed by atoms with Gasteiger partial charge in [-0.2, -0.15) is 5.26 Å². The number of para-hydroxylation sites is 1. The van der Waals surface area contributed by atoms with Crippen molar-refractivity contribution in [2.45, 2.75) is 30.8 Å². The molecule has 5 heteroatoms. The molecule has 1 saturated heterocycles. The number of aliphatic hydroxyl groups excluding tert-OH is 1. The van der Waals surface area contributed by atoms with E-state index in [1.54, 1.807) is 12.0 Å². The first-order chi connectivity index (χ1) is 14.2. The summed E-state index contributed by atoms with van der Waals surface area (Å²) >= 11 is 0. The van der Waals surface area contributed by atoms with Gasteiger partial charge in [-0.3, -0.25) is 4.79 Å². The van der Waals surface area contributed by atoms with Crippen LogP contribution in [0.1, 0.15) is 35.4 Å². The van der Waals surface area contributed by atoms with E-state index < -0.39 is 6.04 Å². The predicted octanol–water partition coefficient (Wildman–Crippen LogP) is 2.68. The van der Waals surface area contributed by atoms with Crippen LogP contribution in [0.15, 0.2) is 48.5 Å². The fourth-order valence-corrected chi connectivity index (χ4v) is 3.93. The van der Waals surface area contributed by atoms with E-state index in [4.69, 9.17) is 4.74 Å². The van der Waals surface area contributed by atoms with Crippen LogP contribution >= 0.6 is 0 Å². The molecule has 0 bridgehead atoms. The van der Waals surface area contributed by atoms with Crippen LogP contribution in [0, 0.1) is 29.1 Å². The van der Waals surface area contributed by atoms with E-state index in [0.29, 0.717) is 0 Å². The highest BCUT2D eigenvalue weighted by atomic mass is 16.5. The normalized spacial score (nSPS) is 22.7. The molecule has 2 aromatic carbocycles. The molecule has 0 unspecified atom stereocenters. The number of carbonyl (C=O) groups excluding carboxylic acids is 1. The van der Waals surface area contributed by atoms with Gasteiger partial charge in [-0.25, -0.2) is 0 Å². The predicted molar refractivity (Wildman–Crippen MR) is 108 cm³/mol. The van der Waals surface area contributed by atoms with Crippen molar-refractivity contribution in [1.82, 2.24) is 4.90 Å². The summed E-state index contributed by atoms with van der Waals surface area (Å²) in [6.45, 7) is -0.142. The molecule has 2 aliphatic rings. The number of benzene rings is 2. The Morgan fingerprint density at radius 2 is 1.90 bits per heavy atom. The monoisotopic (exact) mass is 386 g/mol. The molecular formula is C24H22N2O3. The molecule has 1 aliphatic carbocycles. The second-order valence-electron chi connectivity index (χ2n) is 7.44. The molecule has 5 nitrogen and oxygen atoms in total. The minimum atomic E-state index is -0.522. The average molecular weight is 386 g/mol. The van der Waals surface area contributed by atoms with E-state index in [1.165, 1.54) is 0 Å². The van der Waals surface area contributed by atoms with Gasteiger partial charge in [0.25, 0.3) is 0 Å². The Bertz CT molecular complexity index is 1010. The van der Waals surface area contributed by atoms with Crippen molar-refractivity contribution < 1.29 is 14.6 Å². The fourth-order valence-electron chi connectivity index (χ4n) is 3.93. The van der Waals surface area contributed by atoms with Crippen LogP contribution in [-0.4, -0.2) is 41.7 Å². The molecule has 2 fully saturated rings. The summed E-state index contributed by atoms with van der Waals surface area (Å²) in [5.74, 6) is 6.84.